The van der Waals surface area contributed by atoms with Crippen LogP contribution < -0.4 is 5.56 Å². The quantitative estimate of drug-likeness (QED) is 0.519. The summed E-state index contributed by atoms with van der Waals surface area (Å²) in [6.45, 7) is 0. The minimum atomic E-state index is -1.55. The molecule has 29 heavy (non-hydrogen) atoms. The van der Waals surface area contributed by atoms with Crippen molar-refractivity contribution in [3.63, 3.8) is 0 Å². The highest BCUT2D eigenvalue weighted by atomic mass is 19.2. The molecule has 144 valence electrons. The first kappa shape index (κ1) is 18.6. The maximum atomic E-state index is 13.5. The molecule has 7 heteroatoms. The van der Waals surface area contributed by atoms with Crippen LogP contribution in [0, 0.1) is 17.5 Å². The predicted molar refractivity (Wildman–Crippen MR) is 103 cm³/mol. The Morgan fingerprint density at radius 1 is 0.828 bits per heavy atom. The molecule has 0 saturated carbocycles. The van der Waals surface area contributed by atoms with Crippen LogP contribution in [0.1, 0.15) is 11.1 Å². The van der Waals surface area contributed by atoms with Gasteiger partial charge in [-0.15, -0.1) is 0 Å². The van der Waals surface area contributed by atoms with Crippen LogP contribution in [0.2, 0.25) is 0 Å². The van der Waals surface area contributed by atoms with E-state index in [9.17, 15) is 18.0 Å². The highest BCUT2D eigenvalue weighted by molar-refractivity contribution is 5.64. The maximum absolute atomic E-state index is 13.5. The number of benzene rings is 2. The van der Waals surface area contributed by atoms with E-state index < -0.39 is 23.0 Å². The van der Waals surface area contributed by atoms with Gasteiger partial charge in [-0.05, 0) is 47.0 Å². The Hall–Kier alpha value is -3.74. The summed E-state index contributed by atoms with van der Waals surface area (Å²) in [5.41, 5.74) is 2.96. The first-order chi connectivity index (χ1) is 14.0. The summed E-state index contributed by atoms with van der Waals surface area (Å²) in [7, 11) is 0. The smallest absolute Gasteiger partial charge is 0.267 e. The lowest BCUT2D eigenvalue weighted by molar-refractivity contribution is 0.447. The van der Waals surface area contributed by atoms with Crippen LogP contribution in [-0.4, -0.2) is 15.2 Å². The summed E-state index contributed by atoms with van der Waals surface area (Å²) in [4.78, 5) is 16.2. The Balaban J connectivity index is 1.69. The van der Waals surface area contributed by atoms with Crippen molar-refractivity contribution < 1.29 is 13.2 Å². The molecule has 4 nitrogen and oxygen atoms in total. The Kier molecular flexibility index (Phi) is 4.95. The number of aromatic nitrogens is 3. The number of pyridine rings is 1. The fourth-order valence-electron chi connectivity index (χ4n) is 3.05. The zero-order valence-electron chi connectivity index (χ0n) is 15.0. The van der Waals surface area contributed by atoms with Gasteiger partial charge in [0.15, 0.2) is 17.5 Å². The van der Waals surface area contributed by atoms with E-state index in [1.165, 1.54) is 6.07 Å². The molecule has 0 aliphatic carbocycles. The van der Waals surface area contributed by atoms with Gasteiger partial charge in [0.1, 0.15) is 0 Å². The highest BCUT2D eigenvalue weighted by Gasteiger charge is 2.14. The van der Waals surface area contributed by atoms with E-state index in [1.54, 1.807) is 12.4 Å². The lowest BCUT2D eigenvalue weighted by Crippen LogP contribution is -2.15. The van der Waals surface area contributed by atoms with Crippen molar-refractivity contribution in [2.45, 2.75) is 6.42 Å². The third-order valence-corrected chi connectivity index (χ3v) is 4.50. The van der Waals surface area contributed by atoms with E-state index in [4.69, 9.17) is 0 Å². The average Bonchev–Trinajstić information content (AvgIpc) is 2.74. The van der Waals surface area contributed by atoms with Crippen molar-refractivity contribution in [2.24, 2.45) is 0 Å². The summed E-state index contributed by atoms with van der Waals surface area (Å²) >= 11 is 0. The van der Waals surface area contributed by atoms with Gasteiger partial charge in [-0.3, -0.25) is 9.78 Å². The summed E-state index contributed by atoms with van der Waals surface area (Å²) in [5, 5.41) is 6.16. The van der Waals surface area contributed by atoms with Crippen molar-refractivity contribution in [3.05, 3.63) is 106 Å². The third kappa shape index (κ3) is 3.94. The van der Waals surface area contributed by atoms with E-state index in [1.807, 2.05) is 36.4 Å². The Labute approximate surface area is 163 Å². The summed E-state index contributed by atoms with van der Waals surface area (Å²) < 4.78 is 40.3. The molecular weight excluding hydrogens is 379 g/mol. The van der Waals surface area contributed by atoms with E-state index in [0.29, 0.717) is 5.56 Å². The number of nitrogens with one attached hydrogen (secondary N) is 1. The Morgan fingerprint density at radius 3 is 2.28 bits per heavy atom. The highest BCUT2D eigenvalue weighted by Crippen LogP contribution is 2.24. The molecule has 2 heterocycles. The fourth-order valence-corrected chi connectivity index (χ4v) is 3.05. The third-order valence-electron chi connectivity index (χ3n) is 4.50. The van der Waals surface area contributed by atoms with Gasteiger partial charge >= 0.3 is 0 Å². The van der Waals surface area contributed by atoms with Gasteiger partial charge < -0.3 is 0 Å². The molecule has 0 fully saturated rings. The Morgan fingerprint density at radius 2 is 1.55 bits per heavy atom. The zero-order chi connectivity index (χ0) is 20.4. The van der Waals surface area contributed by atoms with Crippen LogP contribution in [0.3, 0.4) is 0 Å². The first-order valence-electron chi connectivity index (χ1n) is 8.74. The van der Waals surface area contributed by atoms with Gasteiger partial charge in [0.05, 0.1) is 5.69 Å². The Bertz CT molecular complexity index is 1220. The lowest BCUT2D eigenvalue weighted by atomic mass is 9.99. The summed E-state index contributed by atoms with van der Waals surface area (Å²) in [5.74, 6) is -4.19. The molecule has 0 saturated heterocycles. The van der Waals surface area contributed by atoms with Gasteiger partial charge in [-0.25, -0.2) is 18.3 Å². The molecule has 0 aliphatic heterocycles. The number of aromatic amines is 1. The van der Waals surface area contributed by atoms with Crippen LogP contribution >= 0.6 is 0 Å². The number of nitrogens with zero attached hydrogens (tertiary/aromatic N) is 2. The second kappa shape index (κ2) is 7.71. The molecule has 0 radical (unpaired) electrons. The summed E-state index contributed by atoms with van der Waals surface area (Å²) in [6, 6.07) is 14.6. The van der Waals surface area contributed by atoms with Crippen molar-refractivity contribution in [2.75, 3.05) is 0 Å². The molecule has 0 spiro atoms. The van der Waals surface area contributed by atoms with Crippen LogP contribution in [0.5, 0.6) is 0 Å². The monoisotopic (exact) mass is 393 g/mol. The van der Waals surface area contributed by atoms with Gasteiger partial charge in [-0.1, -0.05) is 24.3 Å². The number of hydrogen-bond donors (Lipinski definition) is 1. The molecule has 0 aliphatic rings. The molecule has 2 aromatic heterocycles. The van der Waals surface area contributed by atoms with E-state index in [0.717, 1.165) is 28.8 Å². The van der Waals surface area contributed by atoms with Crippen LogP contribution in [-0.2, 0) is 6.42 Å². The summed E-state index contributed by atoms with van der Waals surface area (Å²) in [6.07, 6.45) is 3.68. The minimum absolute atomic E-state index is 0.0319. The molecule has 2 aromatic carbocycles. The van der Waals surface area contributed by atoms with Crippen LogP contribution in [0.25, 0.3) is 22.4 Å². The minimum Gasteiger partial charge on any atom is -0.268 e. The van der Waals surface area contributed by atoms with Gasteiger partial charge in [0, 0.05) is 29.9 Å². The second-order valence-corrected chi connectivity index (χ2v) is 6.47. The number of halogens is 3. The largest absolute Gasteiger partial charge is 0.268 e. The van der Waals surface area contributed by atoms with Crippen molar-refractivity contribution in [1.82, 2.24) is 15.2 Å². The van der Waals surface area contributed by atoms with Crippen molar-refractivity contribution in [1.29, 1.82) is 0 Å². The number of rotatable bonds is 4. The van der Waals surface area contributed by atoms with Crippen molar-refractivity contribution >= 4 is 0 Å². The van der Waals surface area contributed by atoms with Crippen molar-refractivity contribution in [3.8, 4) is 22.4 Å². The maximum Gasteiger partial charge on any atom is 0.267 e. The number of H-pyrrole nitrogens is 1. The normalized spacial score (nSPS) is 10.9. The standard InChI is InChI=1S/C22H14F3N3O/c23-18-10-16(11-19(24)21(18)25)20-12-17(22(29)28-27-20)9-13-2-1-3-15(8-13)14-4-6-26-7-5-14/h1-8,10-12H,9H2,(H,28,29). The van der Waals surface area contributed by atoms with Gasteiger partial charge in [0.25, 0.3) is 5.56 Å². The molecular formula is C22H14F3N3O. The molecule has 0 bridgehead atoms. The topological polar surface area (TPSA) is 58.6 Å². The molecule has 0 atom stereocenters. The van der Waals surface area contributed by atoms with Crippen LogP contribution in [0.4, 0.5) is 13.2 Å². The SMILES string of the molecule is O=c1[nH]nc(-c2cc(F)c(F)c(F)c2)cc1Cc1cccc(-c2ccncc2)c1. The second-order valence-electron chi connectivity index (χ2n) is 6.47. The molecule has 0 unspecified atom stereocenters. The molecule has 4 rings (SSSR count). The van der Waals surface area contributed by atoms with E-state index in [-0.39, 0.29) is 17.7 Å². The van der Waals surface area contributed by atoms with Gasteiger partial charge in [0.2, 0.25) is 0 Å². The number of hydrogen-bond acceptors (Lipinski definition) is 3. The van der Waals surface area contributed by atoms with E-state index in [2.05, 4.69) is 15.2 Å². The zero-order valence-corrected chi connectivity index (χ0v) is 15.0. The van der Waals surface area contributed by atoms with Crippen LogP contribution in [0.15, 0.2) is 71.8 Å². The molecule has 4 aromatic rings. The van der Waals surface area contributed by atoms with E-state index >= 15 is 0 Å². The van der Waals surface area contributed by atoms with Gasteiger partial charge in [-0.2, -0.15) is 5.10 Å². The fraction of sp³-hybridized carbons (Fsp3) is 0.0455. The lowest BCUT2D eigenvalue weighted by Gasteiger charge is -2.07. The molecule has 0 amide bonds. The molecule has 1 N–H and O–H groups in total. The average molecular weight is 393 g/mol. The predicted octanol–water partition coefficient (Wildman–Crippen LogP) is 4.51. The first-order valence-corrected chi connectivity index (χ1v) is 8.74.